The van der Waals surface area contributed by atoms with Gasteiger partial charge in [0.15, 0.2) is 0 Å². The van der Waals surface area contributed by atoms with E-state index in [0.717, 1.165) is 31.1 Å². The number of carbonyl (C=O) groups is 1. The molecule has 0 unspecified atom stereocenters. The van der Waals surface area contributed by atoms with Gasteiger partial charge in [0.2, 0.25) is 0 Å². The van der Waals surface area contributed by atoms with E-state index in [-0.39, 0.29) is 0 Å². The van der Waals surface area contributed by atoms with Crippen LogP contribution in [0.25, 0.3) is 0 Å². The number of rotatable bonds is 5. The highest BCUT2D eigenvalue weighted by atomic mass is 32.1. The first-order valence-electron chi connectivity index (χ1n) is 6.72. The van der Waals surface area contributed by atoms with Gasteiger partial charge in [-0.3, -0.25) is 4.90 Å². The molecule has 0 aliphatic carbocycles. The van der Waals surface area contributed by atoms with Crippen LogP contribution in [-0.4, -0.2) is 29.1 Å². The van der Waals surface area contributed by atoms with Crippen molar-refractivity contribution in [3.05, 3.63) is 21.9 Å². The maximum Gasteiger partial charge on any atom is 0.346 e. The highest BCUT2D eigenvalue weighted by Gasteiger charge is 2.20. The Labute approximate surface area is 112 Å². The molecule has 18 heavy (non-hydrogen) atoms. The summed E-state index contributed by atoms with van der Waals surface area (Å²) in [4.78, 5) is 13.9. The lowest BCUT2D eigenvalue weighted by Gasteiger charge is -2.31. The van der Waals surface area contributed by atoms with Crippen LogP contribution in [0.2, 0.25) is 0 Å². The predicted octanol–water partition coefficient (Wildman–Crippen LogP) is 3.46. The second-order valence-corrected chi connectivity index (χ2v) is 6.00. The fourth-order valence-electron chi connectivity index (χ4n) is 2.73. The molecule has 0 atom stereocenters. The molecule has 100 valence electrons. The number of carboxylic acid groups (broad SMARTS) is 1. The molecule has 3 nitrogen and oxygen atoms in total. The zero-order valence-electron chi connectivity index (χ0n) is 10.9. The SMILES string of the molecule is CCCC1CCN(Cc2ccsc2C(=O)O)CC1. The smallest absolute Gasteiger partial charge is 0.346 e. The number of piperidine rings is 1. The van der Waals surface area contributed by atoms with Gasteiger partial charge in [0.05, 0.1) is 0 Å². The van der Waals surface area contributed by atoms with Crippen LogP contribution in [0.3, 0.4) is 0 Å². The van der Waals surface area contributed by atoms with Crippen molar-refractivity contribution >= 4 is 17.3 Å². The number of hydrogen-bond acceptors (Lipinski definition) is 3. The normalized spacial score (nSPS) is 18.1. The van der Waals surface area contributed by atoms with Crippen molar-refractivity contribution in [2.75, 3.05) is 13.1 Å². The number of carboxylic acids is 1. The quantitative estimate of drug-likeness (QED) is 0.888. The molecule has 0 radical (unpaired) electrons. The van der Waals surface area contributed by atoms with E-state index in [0.29, 0.717) is 4.88 Å². The van der Waals surface area contributed by atoms with Gasteiger partial charge < -0.3 is 5.11 Å². The zero-order valence-corrected chi connectivity index (χ0v) is 11.7. The van der Waals surface area contributed by atoms with E-state index in [2.05, 4.69) is 11.8 Å². The molecular formula is C14H21NO2S. The molecular weight excluding hydrogens is 246 g/mol. The minimum Gasteiger partial charge on any atom is -0.477 e. The third kappa shape index (κ3) is 3.33. The van der Waals surface area contributed by atoms with Gasteiger partial charge in [-0.15, -0.1) is 11.3 Å². The summed E-state index contributed by atoms with van der Waals surface area (Å²) in [6, 6.07) is 1.95. The molecule has 4 heteroatoms. The van der Waals surface area contributed by atoms with Gasteiger partial charge in [-0.05, 0) is 48.9 Å². The average molecular weight is 267 g/mol. The second kappa shape index (κ2) is 6.34. The second-order valence-electron chi connectivity index (χ2n) is 5.09. The summed E-state index contributed by atoms with van der Waals surface area (Å²) in [6.07, 6.45) is 5.14. The van der Waals surface area contributed by atoms with E-state index < -0.39 is 5.97 Å². The van der Waals surface area contributed by atoms with Gasteiger partial charge in [-0.25, -0.2) is 4.79 Å². The van der Waals surface area contributed by atoms with Crippen molar-refractivity contribution in [1.82, 2.24) is 4.90 Å². The Hall–Kier alpha value is -0.870. The summed E-state index contributed by atoms with van der Waals surface area (Å²) >= 11 is 1.33. The number of thiophene rings is 1. The lowest BCUT2D eigenvalue weighted by molar-refractivity contribution is 0.0699. The minimum atomic E-state index is -0.791. The maximum atomic E-state index is 11.1. The third-order valence-corrected chi connectivity index (χ3v) is 4.68. The van der Waals surface area contributed by atoms with E-state index >= 15 is 0 Å². The highest BCUT2D eigenvalue weighted by molar-refractivity contribution is 7.12. The molecule has 2 heterocycles. The standard InChI is InChI=1S/C14H21NO2S/c1-2-3-11-4-7-15(8-5-11)10-12-6-9-18-13(12)14(16)17/h6,9,11H,2-5,7-8,10H2,1H3,(H,16,17). The van der Waals surface area contributed by atoms with Crippen LogP contribution in [0.15, 0.2) is 11.4 Å². The van der Waals surface area contributed by atoms with E-state index in [9.17, 15) is 4.79 Å². The fourth-order valence-corrected chi connectivity index (χ4v) is 3.48. The number of hydrogen-bond donors (Lipinski definition) is 1. The van der Waals surface area contributed by atoms with E-state index in [1.165, 1.54) is 37.0 Å². The maximum absolute atomic E-state index is 11.1. The summed E-state index contributed by atoms with van der Waals surface area (Å²) in [5.41, 5.74) is 0.974. The van der Waals surface area contributed by atoms with E-state index in [4.69, 9.17) is 5.11 Å². The van der Waals surface area contributed by atoms with Gasteiger partial charge in [0.25, 0.3) is 0 Å². The molecule has 0 spiro atoms. The van der Waals surface area contributed by atoms with Crippen LogP contribution in [0.4, 0.5) is 0 Å². The molecule has 1 aromatic heterocycles. The van der Waals surface area contributed by atoms with Gasteiger partial charge >= 0.3 is 5.97 Å². The molecule has 0 bridgehead atoms. The average Bonchev–Trinajstić information content (AvgIpc) is 2.80. The van der Waals surface area contributed by atoms with Crippen molar-refractivity contribution < 1.29 is 9.90 Å². The molecule has 1 saturated heterocycles. The molecule has 2 rings (SSSR count). The molecule has 0 aromatic carbocycles. The Bertz CT molecular complexity index is 394. The molecule has 1 fully saturated rings. The molecule has 1 aliphatic rings. The summed E-state index contributed by atoms with van der Waals surface area (Å²) in [6.45, 7) is 5.26. The zero-order chi connectivity index (χ0) is 13.0. The largest absolute Gasteiger partial charge is 0.477 e. The van der Waals surface area contributed by atoms with Gasteiger partial charge in [0.1, 0.15) is 4.88 Å². The van der Waals surface area contributed by atoms with Crippen LogP contribution in [0, 0.1) is 5.92 Å². The predicted molar refractivity (Wildman–Crippen MR) is 74.2 cm³/mol. The molecule has 0 saturated carbocycles. The van der Waals surface area contributed by atoms with Crippen molar-refractivity contribution in [2.45, 2.75) is 39.2 Å². The van der Waals surface area contributed by atoms with E-state index in [1.807, 2.05) is 11.4 Å². The van der Waals surface area contributed by atoms with Crippen LogP contribution in [-0.2, 0) is 6.54 Å². The summed E-state index contributed by atoms with van der Waals surface area (Å²) < 4.78 is 0. The monoisotopic (exact) mass is 267 g/mol. The number of nitrogens with zero attached hydrogens (tertiary/aromatic N) is 1. The Morgan fingerprint density at radius 1 is 1.50 bits per heavy atom. The lowest BCUT2D eigenvalue weighted by atomic mass is 9.92. The van der Waals surface area contributed by atoms with Crippen molar-refractivity contribution in [2.24, 2.45) is 5.92 Å². The molecule has 1 N–H and O–H groups in total. The minimum absolute atomic E-state index is 0.505. The molecule has 1 aliphatic heterocycles. The molecule has 1 aromatic rings. The van der Waals surface area contributed by atoms with Crippen molar-refractivity contribution in [3.8, 4) is 0 Å². The highest BCUT2D eigenvalue weighted by Crippen LogP contribution is 2.25. The third-order valence-electron chi connectivity index (χ3n) is 3.74. The fraction of sp³-hybridized carbons (Fsp3) is 0.643. The Morgan fingerprint density at radius 2 is 2.22 bits per heavy atom. The van der Waals surface area contributed by atoms with Gasteiger partial charge in [-0.1, -0.05) is 19.8 Å². The Morgan fingerprint density at radius 3 is 2.83 bits per heavy atom. The van der Waals surface area contributed by atoms with Gasteiger partial charge in [0, 0.05) is 6.54 Å². The first kappa shape index (κ1) is 13.6. The van der Waals surface area contributed by atoms with Crippen LogP contribution in [0.1, 0.15) is 47.8 Å². The van der Waals surface area contributed by atoms with Crippen LogP contribution in [0.5, 0.6) is 0 Å². The Kier molecular flexibility index (Phi) is 4.78. The molecule has 0 amide bonds. The van der Waals surface area contributed by atoms with Crippen molar-refractivity contribution in [1.29, 1.82) is 0 Å². The van der Waals surface area contributed by atoms with Crippen LogP contribution < -0.4 is 0 Å². The van der Waals surface area contributed by atoms with Gasteiger partial charge in [-0.2, -0.15) is 0 Å². The summed E-state index contributed by atoms with van der Waals surface area (Å²) in [7, 11) is 0. The summed E-state index contributed by atoms with van der Waals surface area (Å²) in [5.74, 6) is 0.0912. The lowest BCUT2D eigenvalue weighted by Crippen LogP contribution is -2.33. The number of likely N-dealkylation sites (tertiary alicyclic amines) is 1. The first-order chi connectivity index (χ1) is 8.70. The Balaban J connectivity index is 1.88. The topological polar surface area (TPSA) is 40.5 Å². The number of aromatic carboxylic acids is 1. The van der Waals surface area contributed by atoms with Crippen molar-refractivity contribution in [3.63, 3.8) is 0 Å². The first-order valence-corrected chi connectivity index (χ1v) is 7.60. The summed E-state index contributed by atoms with van der Waals surface area (Å²) in [5, 5.41) is 11.0. The van der Waals surface area contributed by atoms with E-state index in [1.54, 1.807) is 0 Å². The van der Waals surface area contributed by atoms with Crippen LogP contribution >= 0.6 is 11.3 Å².